The normalized spacial score (nSPS) is 28.4. The summed E-state index contributed by atoms with van der Waals surface area (Å²) in [5.41, 5.74) is 15.2. The summed E-state index contributed by atoms with van der Waals surface area (Å²) in [6.45, 7) is 10.1. The molecule has 4 heteroatoms. The minimum atomic E-state index is -0.372. The van der Waals surface area contributed by atoms with Crippen LogP contribution in [0.1, 0.15) is 58.6 Å². The molecule has 0 aromatic heterocycles. The molecule has 1 aliphatic rings. The maximum atomic E-state index is 10.1. The van der Waals surface area contributed by atoms with Crippen LogP contribution in [0.3, 0.4) is 0 Å². The molecular formula is C24H35N3O. The number of rotatable bonds is 4. The topological polar surface area (TPSA) is 96.1 Å². The van der Waals surface area contributed by atoms with Crippen LogP contribution in [0.5, 0.6) is 0 Å². The third-order valence-electron chi connectivity index (χ3n) is 5.44. The fourth-order valence-corrected chi connectivity index (χ4v) is 3.56. The Morgan fingerprint density at radius 3 is 2.57 bits per heavy atom. The van der Waals surface area contributed by atoms with E-state index in [0.717, 1.165) is 11.1 Å². The highest BCUT2D eigenvalue weighted by Crippen LogP contribution is 2.37. The highest BCUT2D eigenvalue weighted by molar-refractivity contribution is 5.70. The van der Waals surface area contributed by atoms with Crippen LogP contribution in [0.4, 0.5) is 0 Å². The Labute approximate surface area is 170 Å². The Hall–Kier alpha value is -2.35. The van der Waals surface area contributed by atoms with Crippen molar-refractivity contribution >= 4 is 5.57 Å². The van der Waals surface area contributed by atoms with Gasteiger partial charge in [-0.2, -0.15) is 5.26 Å². The summed E-state index contributed by atoms with van der Waals surface area (Å²) in [5.74, 6) is 0.472. The summed E-state index contributed by atoms with van der Waals surface area (Å²) < 4.78 is 0. The summed E-state index contributed by atoms with van der Waals surface area (Å²) in [5, 5.41) is 19.3. The zero-order valence-electron chi connectivity index (χ0n) is 17.8. The number of benzene rings is 1. The highest BCUT2D eigenvalue weighted by Gasteiger charge is 2.39. The van der Waals surface area contributed by atoms with Crippen molar-refractivity contribution in [3.8, 4) is 6.07 Å². The van der Waals surface area contributed by atoms with Gasteiger partial charge < -0.3 is 16.6 Å². The summed E-state index contributed by atoms with van der Waals surface area (Å²) in [7, 11) is 0. The van der Waals surface area contributed by atoms with Crippen molar-refractivity contribution in [2.24, 2.45) is 23.3 Å². The van der Waals surface area contributed by atoms with Gasteiger partial charge in [0.2, 0.25) is 0 Å². The molecule has 1 fully saturated rings. The van der Waals surface area contributed by atoms with Gasteiger partial charge in [0.25, 0.3) is 0 Å². The third kappa shape index (κ3) is 6.37. The monoisotopic (exact) mass is 381 g/mol. The van der Waals surface area contributed by atoms with Crippen molar-refractivity contribution in [3.05, 3.63) is 65.4 Å². The van der Waals surface area contributed by atoms with Crippen LogP contribution in [-0.2, 0) is 0 Å². The highest BCUT2D eigenvalue weighted by atomic mass is 16.3. The van der Waals surface area contributed by atoms with E-state index in [1.807, 2.05) is 64.1 Å². The standard InChI is InChI=1S/C22H29N3O.C2H6/c1-15(21-7-5-4-6-18(21)14-23)8-10-19(24)11-9-17-12-20(26)13-22(3,25)16(17)2;1-2/h4-11,16-17,20,26H,12-13,24-25H2,1-3H3;1-2H3/b11-9+,15-8+,19-10-;. The van der Waals surface area contributed by atoms with Crippen molar-refractivity contribution in [3.63, 3.8) is 0 Å². The number of aliphatic hydroxyl groups is 1. The molecule has 0 saturated heterocycles. The molecule has 0 amide bonds. The van der Waals surface area contributed by atoms with Gasteiger partial charge in [0.1, 0.15) is 0 Å². The number of hydrogen-bond acceptors (Lipinski definition) is 4. The van der Waals surface area contributed by atoms with E-state index in [9.17, 15) is 10.4 Å². The van der Waals surface area contributed by atoms with Crippen molar-refractivity contribution in [2.45, 2.75) is 59.1 Å². The quantitative estimate of drug-likeness (QED) is 0.669. The van der Waals surface area contributed by atoms with E-state index in [4.69, 9.17) is 11.5 Å². The number of aliphatic hydroxyl groups excluding tert-OH is 1. The van der Waals surface area contributed by atoms with Gasteiger partial charge in [0.05, 0.1) is 17.7 Å². The van der Waals surface area contributed by atoms with Crippen LogP contribution in [0, 0.1) is 23.2 Å². The number of hydrogen-bond donors (Lipinski definition) is 3. The summed E-state index contributed by atoms with van der Waals surface area (Å²) in [6, 6.07) is 9.71. The predicted molar refractivity (Wildman–Crippen MR) is 118 cm³/mol. The molecule has 4 nitrogen and oxygen atoms in total. The average molecular weight is 382 g/mol. The maximum Gasteiger partial charge on any atom is 0.0998 e. The minimum absolute atomic E-state index is 0.199. The van der Waals surface area contributed by atoms with E-state index in [-0.39, 0.29) is 23.5 Å². The Balaban J connectivity index is 0.00000190. The predicted octanol–water partition coefficient (Wildman–Crippen LogP) is 4.51. The van der Waals surface area contributed by atoms with Gasteiger partial charge >= 0.3 is 0 Å². The lowest BCUT2D eigenvalue weighted by molar-refractivity contribution is 0.0401. The van der Waals surface area contributed by atoms with Crippen LogP contribution in [0.25, 0.3) is 5.57 Å². The van der Waals surface area contributed by atoms with Crippen LogP contribution >= 0.6 is 0 Å². The molecule has 28 heavy (non-hydrogen) atoms. The Morgan fingerprint density at radius 1 is 1.29 bits per heavy atom. The average Bonchev–Trinajstić information content (AvgIpc) is 2.68. The second kappa shape index (κ2) is 10.8. The molecule has 2 rings (SSSR count). The van der Waals surface area contributed by atoms with E-state index in [2.05, 4.69) is 19.1 Å². The number of allylic oxidation sites excluding steroid dienone is 5. The molecule has 0 aliphatic heterocycles. The molecule has 4 unspecified atom stereocenters. The summed E-state index contributed by atoms with van der Waals surface area (Å²) in [4.78, 5) is 0. The molecule has 1 aromatic rings. The molecule has 0 spiro atoms. The van der Waals surface area contributed by atoms with Crippen molar-refractivity contribution in [1.29, 1.82) is 5.26 Å². The fourth-order valence-electron chi connectivity index (χ4n) is 3.56. The van der Waals surface area contributed by atoms with Crippen molar-refractivity contribution in [2.75, 3.05) is 0 Å². The van der Waals surface area contributed by atoms with Gasteiger partial charge in [-0.3, -0.25) is 0 Å². The molecule has 0 heterocycles. The zero-order chi connectivity index (χ0) is 21.3. The maximum absolute atomic E-state index is 10.1. The lowest BCUT2D eigenvalue weighted by atomic mass is 9.68. The molecule has 4 atom stereocenters. The van der Waals surface area contributed by atoms with Gasteiger partial charge in [-0.25, -0.2) is 0 Å². The second-order valence-corrected chi connectivity index (χ2v) is 7.58. The van der Waals surface area contributed by atoms with E-state index in [1.54, 1.807) is 6.07 Å². The minimum Gasteiger partial charge on any atom is -0.399 e. The molecule has 0 bridgehead atoms. The lowest BCUT2D eigenvalue weighted by Gasteiger charge is -2.43. The fraction of sp³-hybridized carbons (Fsp3) is 0.458. The number of nitrogens with zero attached hydrogens (tertiary/aromatic N) is 1. The summed E-state index contributed by atoms with van der Waals surface area (Å²) >= 11 is 0. The van der Waals surface area contributed by atoms with Gasteiger partial charge in [0.15, 0.2) is 0 Å². The zero-order valence-corrected chi connectivity index (χ0v) is 17.8. The third-order valence-corrected chi connectivity index (χ3v) is 5.44. The first-order valence-corrected chi connectivity index (χ1v) is 10.0. The van der Waals surface area contributed by atoms with Crippen molar-refractivity contribution < 1.29 is 5.11 Å². The first-order valence-electron chi connectivity index (χ1n) is 10.0. The number of nitriles is 1. The van der Waals surface area contributed by atoms with E-state index in [1.165, 1.54) is 0 Å². The van der Waals surface area contributed by atoms with Crippen LogP contribution < -0.4 is 11.5 Å². The molecule has 152 valence electrons. The van der Waals surface area contributed by atoms with Gasteiger partial charge in [-0.15, -0.1) is 0 Å². The Kier molecular flexibility index (Phi) is 9.18. The molecule has 1 aliphatic carbocycles. The SMILES string of the molecule is CC.C\C(=C/C=C(N)/C=C/C1CC(O)CC(C)(N)C1C)c1ccccc1C#N. The first kappa shape index (κ1) is 23.7. The Morgan fingerprint density at radius 2 is 1.93 bits per heavy atom. The smallest absolute Gasteiger partial charge is 0.0998 e. The molecule has 1 saturated carbocycles. The van der Waals surface area contributed by atoms with Crippen molar-refractivity contribution in [1.82, 2.24) is 0 Å². The molecule has 5 N–H and O–H groups in total. The lowest BCUT2D eigenvalue weighted by Crippen LogP contribution is -2.52. The van der Waals surface area contributed by atoms with E-state index in [0.29, 0.717) is 24.1 Å². The second-order valence-electron chi connectivity index (χ2n) is 7.58. The van der Waals surface area contributed by atoms with Crippen LogP contribution in [0.2, 0.25) is 0 Å². The van der Waals surface area contributed by atoms with Gasteiger partial charge in [-0.05, 0) is 67.9 Å². The van der Waals surface area contributed by atoms with E-state index < -0.39 is 0 Å². The Bertz CT molecular complexity index is 768. The molecule has 0 radical (unpaired) electrons. The van der Waals surface area contributed by atoms with Gasteiger partial charge in [-0.1, -0.05) is 51.1 Å². The first-order chi connectivity index (χ1) is 13.2. The summed E-state index contributed by atoms with van der Waals surface area (Å²) in [6.07, 6.45) is 8.66. The largest absolute Gasteiger partial charge is 0.399 e. The van der Waals surface area contributed by atoms with E-state index >= 15 is 0 Å². The van der Waals surface area contributed by atoms with Crippen LogP contribution in [-0.4, -0.2) is 16.7 Å². The number of nitrogens with two attached hydrogens (primary N) is 2. The molecular weight excluding hydrogens is 346 g/mol. The molecule has 1 aromatic carbocycles. The van der Waals surface area contributed by atoms with Gasteiger partial charge in [0, 0.05) is 11.2 Å². The van der Waals surface area contributed by atoms with Crippen LogP contribution in [0.15, 0.2) is 54.3 Å².